The van der Waals surface area contributed by atoms with Gasteiger partial charge in [0.2, 0.25) is 5.91 Å². The van der Waals surface area contributed by atoms with Gasteiger partial charge in [0.1, 0.15) is 18.0 Å². The molecule has 2 fully saturated rings. The number of phenols is 2. The topological polar surface area (TPSA) is 160 Å². The van der Waals surface area contributed by atoms with Crippen LogP contribution in [0.1, 0.15) is 46.5 Å². The second-order valence-electron chi connectivity index (χ2n) is 11.4. The highest BCUT2D eigenvalue weighted by molar-refractivity contribution is 9.10. The Balaban J connectivity index is 1.23. The molecule has 14 heteroatoms. The van der Waals surface area contributed by atoms with Crippen LogP contribution in [0.2, 0.25) is 0 Å². The molecule has 4 N–H and O–H groups in total. The summed E-state index contributed by atoms with van der Waals surface area (Å²) in [6.45, 7) is 7.91. The normalized spacial score (nSPS) is 18.0. The van der Waals surface area contributed by atoms with Crippen molar-refractivity contribution >= 4 is 56.7 Å². The number of piperidine rings is 1. The molecule has 1 aromatic carbocycles. The predicted molar refractivity (Wildman–Crippen MR) is 157 cm³/mol. The lowest BCUT2D eigenvalue weighted by atomic mass is 9.92. The number of nitrogen functional groups attached to an aromatic ring is 1. The highest BCUT2D eigenvalue weighted by Crippen LogP contribution is 2.41. The Labute approximate surface area is 250 Å². The third-order valence-corrected chi connectivity index (χ3v) is 9.35. The van der Waals surface area contributed by atoms with Crippen molar-refractivity contribution in [2.24, 2.45) is 5.92 Å². The van der Waals surface area contributed by atoms with Gasteiger partial charge in [0.25, 0.3) is 0 Å². The maximum atomic E-state index is 13.2. The number of ether oxygens (including phenoxy) is 1. The number of aromatic nitrogens is 4. The van der Waals surface area contributed by atoms with Gasteiger partial charge in [-0.05, 0) is 80.4 Å². The molecule has 4 heterocycles. The van der Waals surface area contributed by atoms with Crippen LogP contribution >= 0.6 is 27.7 Å². The molecule has 41 heavy (non-hydrogen) atoms. The van der Waals surface area contributed by atoms with Crippen molar-refractivity contribution in [3.8, 4) is 11.5 Å². The van der Waals surface area contributed by atoms with Gasteiger partial charge in [0.05, 0.1) is 0 Å². The van der Waals surface area contributed by atoms with Crippen LogP contribution in [0.3, 0.4) is 0 Å². The molecule has 1 atom stereocenters. The summed E-state index contributed by atoms with van der Waals surface area (Å²) in [4.78, 5) is 42.9. The maximum Gasteiger partial charge on any atom is 0.410 e. The first-order valence-corrected chi connectivity index (χ1v) is 15.2. The van der Waals surface area contributed by atoms with Gasteiger partial charge in [0, 0.05) is 35.5 Å². The number of fused-ring (bicyclic) bond motifs is 1. The third kappa shape index (κ3) is 6.32. The summed E-state index contributed by atoms with van der Waals surface area (Å²) in [6, 6.07) is 2.47. The molecule has 5 rings (SSSR count). The fourth-order valence-corrected chi connectivity index (χ4v) is 6.59. The molecule has 0 aliphatic carbocycles. The largest absolute Gasteiger partial charge is 0.504 e. The number of aryl methyl sites for hydroxylation is 1. The minimum absolute atomic E-state index is 0.00486. The molecular formula is C27H34BrN7O5S. The standard InChI is InChI=1S/C27H34BrN7O5S/c1-27(2,3)40-26(39)34-11-7-17(34)24(38)33-8-4-15(5-9-33)6-10-35-23-21(22(29)30-14-31-23)32-25(35)41-20-13-19(37)18(36)12-16(20)28/h12-15,17,36-37H,4-11H2,1-3H3,(H2,29,30,31)/t17-/m0/s1. The number of carbonyl (C=O) groups is 2. The highest BCUT2D eigenvalue weighted by Gasteiger charge is 2.42. The number of halogens is 1. The van der Waals surface area contributed by atoms with E-state index in [0.717, 1.165) is 19.3 Å². The van der Waals surface area contributed by atoms with E-state index in [1.54, 1.807) is 0 Å². The van der Waals surface area contributed by atoms with Gasteiger partial charge in [-0.25, -0.2) is 19.7 Å². The lowest BCUT2D eigenvalue weighted by molar-refractivity contribution is -0.142. The number of imidazole rings is 1. The molecule has 3 aromatic rings. The summed E-state index contributed by atoms with van der Waals surface area (Å²) in [7, 11) is 0. The predicted octanol–water partition coefficient (Wildman–Crippen LogP) is 4.37. The Bertz CT molecular complexity index is 1470. The molecule has 2 amide bonds. The van der Waals surface area contributed by atoms with Crippen LogP contribution in [0.5, 0.6) is 11.5 Å². The number of aromatic hydroxyl groups is 2. The fourth-order valence-electron chi connectivity index (χ4n) is 5.07. The number of likely N-dealkylation sites (tertiary alicyclic amines) is 2. The zero-order chi connectivity index (χ0) is 29.5. The zero-order valence-corrected chi connectivity index (χ0v) is 25.6. The first-order valence-electron chi connectivity index (χ1n) is 13.6. The van der Waals surface area contributed by atoms with Crippen molar-refractivity contribution in [1.29, 1.82) is 0 Å². The molecule has 12 nitrogen and oxygen atoms in total. The maximum absolute atomic E-state index is 13.2. The molecule has 2 saturated heterocycles. The van der Waals surface area contributed by atoms with Gasteiger partial charge in [-0.2, -0.15) is 0 Å². The number of anilines is 1. The van der Waals surface area contributed by atoms with Crippen molar-refractivity contribution in [3.63, 3.8) is 0 Å². The number of benzene rings is 1. The lowest BCUT2D eigenvalue weighted by Gasteiger charge is -2.43. The summed E-state index contributed by atoms with van der Waals surface area (Å²) in [6.07, 6.45) is 4.20. The van der Waals surface area contributed by atoms with Crippen LogP contribution in [0.15, 0.2) is 33.0 Å². The van der Waals surface area contributed by atoms with E-state index >= 15 is 0 Å². The van der Waals surface area contributed by atoms with Gasteiger partial charge in [0.15, 0.2) is 33.6 Å². The number of amides is 2. The van der Waals surface area contributed by atoms with E-state index in [1.165, 1.54) is 35.1 Å². The Morgan fingerprint density at radius 2 is 1.83 bits per heavy atom. The second kappa shape index (κ2) is 11.6. The van der Waals surface area contributed by atoms with Gasteiger partial charge in [-0.15, -0.1) is 0 Å². The molecule has 0 bridgehead atoms. The van der Waals surface area contributed by atoms with Crippen LogP contribution in [0, 0.1) is 5.92 Å². The van der Waals surface area contributed by atoms with Gasteiger partial charge in [-0.1, -0.05) is 11.8 Å². The molecule has 2 aliphatic rings. The summed E-state index contributed by atoms with van der Waals surface area (Å²) in [5.74, 6) is 0.224. The minimum Gasteiger partial charge on any atom is -0.504 e. The molecule has 2 aliphatic heterocycles. The molecular weight excluding hydrogens is 614 g/mol. The molecule has 0 spiro atoms. The van der Waals surface area contributed by atoms with Gasteiger partial charge >= 0.3 is 6.09 Å². The quantitative estimate of drug-likeness (QED) is 0.328. The summed E-state index contributed by atoms with van der Waals surface area (Å²) in [5, 5.41) is 20.5. The second-order valence-corrected chi connectivity index (χ2v) is 13.2. The third-order valence-electron chi connectivity index (χ3n) is 7.38. The van der Waals surface area contributed by atoms with Crippen molar-refractivity contribution in [1.82, 2.24) is 29.3 Å². The first-order chi connectivity index (χ1) is 19.4. The number of hydrogen-bond acceptors (Lipinski definition) is 10. The van der Waals surface area contributed by atoms with Crippen molar-refractivity contribution in [2.75, 3.05) is 25.4 Å². The average molecular weight is 649 g/mol. The number of carbonyl (C=O) groups excluding carboxylic acids is 2. The van der Waals surface area contributed by atoms with Crippen LogP contribution in [0.25, 0.3) is 11.2 Å². The Morgan fingerprint density at radius 3 is 2.49 bits per heavy atom. The van der Waals surface area contributed by atoms with Crippen LogP contribution in [-0.4, -0.2) is 82.8 Å². The zero-order valence-electron chi connectivity index (χ0n) is 23.2. The van der Waals surface area contributed by atoms with Crippen LogP contribution in [0.4, 0.5) is 10.6 Å². The van der Waals surface area contributed by atoms with Crippen molar-refractivity contribution in [3.05, 3.63) is 22.9 Å². The molecule has 0 radical (unpaired) electrons. The number of phenolic OH excluding ortho intramolecular Hbond substituents is 2. The molecule has 0 saturated carbocycles. The fraction of sp³-hybridized carbons (Fsp3) is 0.519. The van der Waals surface area contributed by atoms with Crippen molar-refractivity contribution in [2.45, 2.75) is 74.7 Å². The molecule has 2 aromatic heterocycles. The SMILES string of the molecule is CC(C)(C)OC(=O)N1CC[C@H]1C(=O)N1CCC(CCn2c(Sc3cc(O)c(O)cc3Br)nc3c(N)ncnc32)CC1. The van der Waals surface area contributed by atoms with E-state index in [4.69, 9.17) is 15.5 Å². The summed E-state index contributed by atoms with van der Waals surface area (Å²) < 4.78 is 8.07. The Hall–Kier alpha value is -3.26. The number of nitrogens with two attached hydrogens (primary N) is 1. The lowest BCUT2D eigenvalue weighted by Crippen LogP contribution is -2.60. The van der Waals surface area contributed by atoms with E-state index in [2.05, 4.69) is 25.9 Å². The van der Waals surface area contributed by atoms with E-state index < -0.39 is 17.7 Å². The van der Waals surface area contributed by atoms with Gasteiger partial charge in [-0.3, -0.25) is 9.69 Å². The highest BCUT2D eigenvalue weighted by atomic mass is 79.9. The summed E-state index contributed by atoms with van der Waals surface area (Å²) in [5.41, 5.74) is 6.63. The van der Waals surface area contributed by atoms with Gasteiger partial charge < -0.3 is 30.2 Å². The van der Waals surface area contributed by atoms with Crippen molar-refractivity contribution < 1.29 is 24.5 Å². The molecule has 0 unspecified atom stereocenters. The summed E-state index contributed by atoms with van der Waals surface area (Å²) >= 11 is 4.76. The first kappa shape index (κ1) is 29.2. The average Bonchev–Trinajstić information content (AvgIpc) is 3.22. The molecule has 220 valence electrons. The number of hydrogen-bond donors (Lipinski definition) is 3. The van der Waals surface area contributed by atoms with E-state index in [-0.39, 0.29) is 23.2 Å². The Kier molecular flexibility index (Phi) is 8.24. The number of nitrogens with zero attached hydrogens (tertiary/aromatic N) is 6. The van der Waals surface area contributed by atoms with E-state index in [9.17, 15) is 19.8 Å². The smallest absolute Gasteiger partial charge is 0.410 e. The monoisotopic (exact) mass is 647 g/mol. The van der Waals surface area contributed by atoms with E-state index in [1.807, 2.05) is 30.2 Å². The van der Waals surface area contributed by atoms with Crippen LogP contribution in [-0.2, 0) is 16.1 Å². The minimum atomic E-state index is -0.600. The Morgan fingerprint density at radius 1 is 1.12 bits per heavy atom. The van der Waals surface area contributed by atoms with Crippen LogP contribution < -0.4 is 5.73 Å². The number of rotatable bonds is 6. The van der Waals surface area contributed by atoms with E-state index in [0.29, 0.717) is 64.2 Å².